The third-order valence-corrected chi connectivity index (χ3v) is 4.25. The second-order valence-electron chi connectivity index (χ2n) is 5.17. The summed E-state index contributed by atoms with van der Waals surface area (Å²) in [7, 11) is 1.55. The van der Waals surface area contributed by atoms with E-state index < -0.39 is 0 Å². The molecule has 1 unspecified atom stereocenters. The van der Waals surface area contributed by atoms with E-state index in [-0.39, 0.29) is 11.9 Å². The first kappa shape index (κ1) is 15.4. The number of carbonyl (C=O) groups is 1. The van der Waals surface area contributed by atoms with Crippen molar-refractivity contribution in [2.24, 2.45) is 5.92 Å². The molecule has 1 aromatic heterocycles. The van der Waals surface area contributed by atoms with Gasteiger partial charge in [0, 0.05) is 10.4 Å². The number of anilines is 1. The van der Waals surface area contributed by atoms with Crippen LogP contribution in [0.1, 0.15) is 35.1 Å². The summed E-state index contributed by atoms with van der Waals surface area (Å²) in [5.41, 5.74) is 6.85. The molecule has 0 spiro atoms. The van der Waals surface area contributed by atoms with Gasteiger partial charge in [0.2, 0.25) is 0 Å². The van der Waals surface area contributed by atoms with Crippen molar-refractivity contribution in [2.75, 3.05) is 12.8 Å². The van der Waals surface area contributed by atoms with Crippen LogP contribution in [0.3, 0.4) is 0 Å². The van der Waals surface area contributed by atoms with Crippen LogP contribution >= 0.6 is 11.3 Å². The fourth-order valence-electron chi connectivity index (χ4n) is 2.13. The fourth-order valence-corrected chi connectivity index (χ4v) is 3.08. The molecule has 1 heterocycles. The number of hydrogen-bond donors (Lipinski definition) is 2. The van der Waals surface area contributed by atoms with Gasteiger partial charge in [-0.2, -0.15) is 0 Å². The maximum absolute atomic E-state index is 12.4. The Balaban J connectivity index is 2.18. The number of nitrogen functional groups attached to an aromatic ring is 1. The van der Waals surface area contributed by atoms with Crippen molar-refractivity contribution >= 4 is 22.9 Å². The van der Waals surface area contributed by atoms with Crippen molar-refractivity contribution in [3.63, 3.8) is 0 Å². The highest BCUT2D eigenvalue weighted by Gasteiger charge is 2.20. The van der Waals surface area contributed by atoms with E-state index in [1.165, 1.54) is 0 Å². The van der Waals surface area contributed by atoms with Gasteiger partial charge in [-0.05, 0) is 35.6 Å². The zero-order chi connectivity index (χ0) is 15.4. The normalized spacial score (nSPS) is 12.2. The minimum Gasteiger partial charge on any atom is -0.495 e. The zero-order valence-electron chi connectivity index (χ0n) is 12.4. The highest BCUT2D eigenvalue weighted by Crippen LogP contribution is 2.27. The van der Waals surface area contributed by atoms with Crippen molar-refractivity contribution in [3.05, 3.63) is 46.2 Å². The van der Waals surface area contributed by atoms with E-state index in [0.29, 0.717) is 22.9 Å². The Kier molecular flexibility index (Phi) is 4.85. The molecule has 0 aliphatic carbocycles. The van der Waals surface area contributed by atoms with Crippen LogP contribution in [-0.2, 0) is 0 Å². The predicted molar refractivity (Wildman–Crippen MR) is 86.8 cm³/mol. The van der Waals surface area contributed by atoms with Crippen LogP contribution in [0.5, 0.6) is 5.75 Å². The van der Waals surface area contributed by atoms with Gasteiger partial charge >= 0.3 is 0 Å². The molecule has 2 aromatic rings. The Morgan fingerprint density at radius 1 is 1.33 bits per heavy atom. The molecular weight excluding hydrogens is 284 g/mol. The van der Waals surface area contributed by atoms with E-state index in [0.717, 1.165) is 4.88 Å². The number of methoxy groups -OCH3 is 1. The summed E-state index contributed by atoms with van der Waals surface area (Å²) in [6, 6.07) is 9.10. The van der Waals surface area contributed by atoms with E-state index >= 15 is 0 Å². The summed E-state index contributed by atoms with van der Waals surface area (Å²) in [6.45, 7) is 4.18. The molecule has 4 nitrogen and oxygen atoms in total. The topological polar surface area (TPSA) is 64.3 Å². The van der Waals surface area contributed by atoms with Crippen LogP contribution in [0.4, 0.5) is 5.69 Å². The maximum atomic E-state index is 12.4. The number of ether oxygens (including phenoxy) is 1. The molecule has 21 heavy (non-hydrogen) atoms. The van der Waals surface area contributed by atoms with Gasteiger partial charge in [-0.3, -0.25) is 4.79 Å². The van der Waals surface area contributed by atoms with E-state index in [1.807, 2.05) is 17.5 Å². The predicted octanol–water partition coefficient (Wildman–Crippen LogP) is 3.47. The van der Waals surface area contributed by atoms with Crippen LogP contribution in [-0.4, -0.2) is 13.0 Å². The molecule has 0 saturated heterocycles. The molecule has 0 radical (unpaired) electrons. The number of nitrogens with two attached hydrogens (primary N) is 1. The average molecular weight is 304 g/mol. The smallest absolute Gasteiger partial charge is 0.251 e. The van der Waals surface area contributed by atoms with Crippen molar-refractivity contribution in [1.29, 1.82) is 0 Å². The number of rotatable bonds is 5. The Morgan fingerprint density at radius 2 is 2.10 bits per heavy atom. The van der Waals surface area contributed by atoms with Crippen LogP contribution in [0.25, 0.3) is 0 Å². The second-order valence-corrected chi connectivity index (χ2v) is 6.15. The molecule has 0 bridgehead atoms. The van der Waals surface area contributed by atoms with Gasteiger partial charge in [0.15, 0.2) is 0 Å². The Morgan fingerprint density at radius 3 is 2.62 bits per heavy atom. The zero-order valence-corrected chi connectivity index (χ0v) is 13.2. The average Bonchev–Trinajstić information content (AvgIpc) is 2.97. The fraction of sp³-hybridized carbons (Fsp3) is 0.312. The number of hydrogen-bond acceptors (Lipinski definition) is 4. The lowest BCUT2D eigenvalue weighted by Crippen LogP contribution is -2.31. The molecule has 0 aliphatic rings. The van der Waals surface area contributed by atoms with Gasteiger partial charge in [-0.25, -0.2) is 0 Å². The molecule has 1 aromatic carbocycles. The highest BCUT2D eigenvalue weighted by atomic mass is 32.1. The van der Waals surface area contributed by atoms with Crippen molar-refractivity contribution in [1.82, 2.24) is 5.32 Å². The van der Waals surface area contributed by atoms with Gasteiger partial charge in [-0.1, -0.05) is 19.9 Å². The van der Waals surface area contributed by atoms with Gasteiger partial charge in [-0.15, -0.1) is 11.3 Å². The number of benzene rings is 1. The first-order valence-electron chi connectivity index (χ1n) is 6.80. The van der Waals surface area contributed by atoms with Crippen LogP contribution in [0.15, 0.2) is 35.7 Å². The lowest BCUT2D eigenvalue weighted by atomic mass is 10.0. The quantitative estimate of drug-likeness (QED) is 0.831. The third-order valence-electron chi connectivity index (χ3n) is 3.29. The Hall–Kier alpha value is -2.01. The number of thiophene rings is 1. The highest BCUT2D eigenvalue weighted by molar-refractivity contribution is 7.10. The summed E-state index contributed by atoms with van der Waals surface area (Å²) in [5.74, 6) is 0.755. The van der Waals surface area contributed by atoms with Crippen molar-refractivity contribution in [2.45, 2.75) is 19.9 Å². The molecule has 2 rings (SSSR count). The summed E-state index contributed by atoms with van der Waals surface area (Å²) >= 11 is 1.65. The van der Waals surface area contributed by atoms with E-state index in [4.69, 9.17) is 10.5 Å². The Bertz CT molecular complexity index is 609. The largest absolute Gasteiger partial charge is 0.495 e. The minimum absolute atomic E-state index is 0.000765. The lowest BCUT2D eigenvalue weighted by Gasteiger charge is -2.21. The summed E-state index contributed by atoms with van der Waals surface area (Å²) in [6.07, 6.45) is 0. The summed E-state index contributed by atoms with van der Waals surface area (Å²) < 4.78 is 5.10. The van der Waals surface area contributed by atoms with Crippen molar-refractivity contribution < 1.29 is 9.53 Å². The monoisotopic (exact) mass is 304 g/mol. The lowest BCUT2D eigenvalue weighted by molar-refractivity contribution is 0.0926. The van der Waals surface area contributed by atoms with Gasteiger partial charge in [0.05, 0.1) is 18.8 Å². The standard InChI is InChI=1S/C16H20N2O2S/c1-10(2)15(14-5-4-8-21-14)18-16(19)11-6-7-13(20-3)12(17)9-11/h4-10,15H,17H2,1-3H3,(H,18,19). The van der Waals surface area contributed by atoms with E-state index in [2.05, 4.69) is 19.2 Å². The molecule has 112 valence electrons. The molecule has 0 fully saturated rings. The van der Waals surface area contributed by atoms with Crippen LogP contribution < -0.4 is 15.8 Å². The summed E-state index contributed by atoms with van der Waals surface area (Å²) in [5, 5.41) is 5.09. The van der Waals surface area contributed by atoms with Crippen LogP contribution in [0.2, 0.25) is 0 Å². The minimum atomic E-state index is -0.128. The van der Waals surface area contributed by atoms with E-state index in [9.17, 15) is 4.79 Å². The Labute approximate surface area is 128 Å². The molecule has 0 saturated carbocycles. The molecule has 1 amide bonds. The first-order chi connectivity index (χ1) is 10.0. The molecule has 0 aliphatic heterocycles. The number of carbonyl (C=O) groups excluding carboxylic acids is 1. The second kappa shape index (κ2) is 6.63. The number of nitrogens with one attached hydrogen (secondary N) is 1. The van der Waals surface area contributed by atoms with Gasteiger partial charge in [0.25, 0.3) is 5.91 Å². The first-order valence-corrected chi connectivity index (χ1v) is 7.68. The van der Waals surface area contributed by atoms with Crippen LogP contribution in [0, 0.1) is 5.92 Å². The third kappa shape index (κ3) is 3.55. The molecule has 1 atom stereocenters. The molecule has 3 N–H and O–H groups in total. The van der Waals surface area contributed by atoms with Gasteiger partial charge in [0.1, 0.15) is 5.75 Å². The SMILES string of the molecule is COc1ccc(C(=O)NC(c2cccs2)C(C)C)cc1N. The van der Waals surface area contributed by atoms with E-state index in [1.54, 1.807) is 36.6 Å². The van der Waals surface area contributed by atoms with Crippen molar-refractivity contribution in [3.8, 4) is 5.75 Å². The van der Waals surface area contributed by atoms with Gasteiger partial charge < -0.3 is 15.8 Å². The molecule has 5 heteroatoms. The number of amides is 1. The maximum Gasteiger partial charge on any atom is 0.251 e. The summed E-state index contributed by atoms with van der Waals surface area (Å²) in [4.78, 5) is 13.6. The molecular formula is C16H20N2O2S.